The summed E-state index contributed by atoms with van der Waals surface area (Å²) in [5.74, 6) is 6.26. The zero-order chi connectivity index (χ0) is 21.8. The molecule has 1 aromatic heterocycles. The van der Waals surface area contributed by atoms with Crippen molar-refractivity contribution in [1.29, 1.82) is 0 Å². The molecule has 1 amide bonds. The van der Waals surface area contributed by atoms with Crippen LogP contribution in [0.2, 0.25) is 5.02 Å². The zero-order valence-electron chi connectivity index (χ0n) is 17.6. The molecule has 6 heteroatoms. The van der Waals surface area contributed by atoms with E-state index in [9.17, 15) is 4.79 Å². The molecule has 0 radical (unpaired) electrons. The van der Waals surface area contributed by atoms with Crippen molar-refractivity contribution in [3.8, 4) is 11.8 Å². The summed E-state index contributed by atoms with van der Waals surface area (Å²) in [5.41, 5.74) is 2.71. The molecule has 2 aromatic carbocycles. The average Bonchev–Trinajstić information content (AvgIpc) is 3.44. The number of carbonyl (C=O) groups excluding carboxylic acids is 1. The van der Waals surface area contributed by atoms with Crippen molar-refractivity contribution in [3.63, 3.8) is 0 Å². The van der Waals surface area contributed by atoms with Crippen molar-refractivity contribution in [1.82, 2.24) is 4.90 Å². The lowest BCUT2D eigenvalue weighted by atomic mass is 10.2. The second-order valence-electron chi connectivity index (χ2n) is 7.77. The van der Waals surface area contributed by atoms with E-state index in [0.717, 1.165) is 30.8 Å². The third-order valence-corrected chi connectivity index (χ3v) is 5.64. The predicted octanol–water partition coefficient (Wildman–Crippen LogP) is 4.73. The fourth-order valence-corrected chi connectivity index (χ4v) is 3.67. The topological polar surface area (TPSA) is 48.7 Å². The number of anilines is 2. The molecular formula is C25H24ClN3O2. The van der Waals surface area contributed by atoms with Gasteiger partial charge in [-0.1, -0.05) is 17.5 Å². The Kier molecular flexibility index (Phi) is 6.31. The first-order valence-electron chi connectivity index (χ1n) is 10.2. The predicted molar refractivity (Wildman–Crippen MR) is 125 cm³/mol. The Morgan fingerprint density at radius 2 is 1.81 bits per heavy atom. The normalized spacial score (nSPS) is 15.6. The molecule has 1 aliphatic rings. The fraction of sp³-hybridized carbons (Fsp3) is 0.240. The summed E-state index contributed by atoms with van der Waals surface area (Å²) in [6.45, 7) is 2.06. The van der Waals surface area contributed by atoms with Gasteiger partial charge in [-0.15, -0.1) is 0 Å². The third-order valence-electron chi connectivity index (χ3n) is 5.39. The number of furan rings is 1. The van der Waals surface area contributed by atoms with Crippen molar-refractivity contribution in [2.24, 2.45) is 0 Å². The molecule has 4 rings (SSSR count). The highest BCUT2D eigenvalue weighted by Crippen LogP contribution is 2.24. The van der Waals surface area contributed by atoms with Gasteiger partial charge in [-0.3, -0.25) is 4.79 Å². The van der Waals surface area contributed by atoms with Gasteiger partial charge in [0.05, 0.1) is 0 Å². The Hall–Kier alpha value is -3.20. The lowest BCUT2D eigenvalue weighted by Gasteiger charge is -2.22. The lowest BCUT2D eigenvalue weighted by Crippen LogP contribution is -2.31. The summed E-state index contributed by atoms with van der Waals surface area (Å²) in [6, 6.07) is 19.0. The maximum atomic E-state index is 12.5. The summed E-state index contributed by atoms with van der Waals surface area (Å²) >= 11 is 5.88. The SMILES string of the molecule is CN(C)C1CCN(c2ccc(NC(=O)c3ccc(C#Cc4ccc(Cl)cc4)o3)cc2)C1. The Labute approximate surface area is 187 Å². The number of benzene rings is 2. The molecule has 1 N–H and O–H groups in total. The van der Waals surface area contributed by atoms with Gasteiger partial charge in [0, 0.05) is 41.1 Å². The molecule has 3 aromatic rings. The first kappa shape index (κ1) is 21.0. The van der Waals surface area contributed by atoms with E-state index in [2.05, 4.69) is 41.1 Å². The molecule has 5 nitrogen and oxygen atoms in total. The van der Waals surface area contributed by atoms with E-state index in [1.54, 1.807) is 24.3 Å². The fourth-order valence-electron chi connectivity index (χ4n) is 3.54. The summed E-state index contributed by atoms with van der Waals surface area (Å²) in [4.78, 5) is 17.2. The molecule has 2 heterocycles. The van der Waals surface area contributed by atoms with Crippen LogP contribution in [-0.4, -0.2) is 44.0 Å². The van der Waals surface area contributed by atoms with Gasteiger partial charge in [-0.25, -0.2) is 0 Å². The Morgan fingerprint density at radius 1 is 1.06 bits per heavy atom. The Balaban J connectivity index is 1.36. The van der Waals surface area contributed by atoms with Gasteiger partial charge in [-0.2, -0.15) is 0 Å². The molecule has 0 aliphatic carbocycles. The third kappa shape index (κ3) is 5.29. The molecule has 158 valence electrons. The highest BCUT2D eigenvalue weighted by molar-refractivity contribution is 6.30. The van der Waals surface area contributed by atoms with Gasteiger partial charge < -0.3 is 19.5 Å². The first-order chi connectivity index (χ1) is 15.0. The second kappa shape index (κ2) is 9.30. The molecule has 31 heavy (non-hydrogen) atoms. The van der Waals surface area contributed by atoms with Crippen molar-refractivity contribution < 1.29 is 9.21 Å². The highest BCUT2D eigenvalue weighted by atomic mass is 35.5. The summed E-state index contributed by atoms with van der Waals surface area (Å²) in [6.07, 6.45) is 1.16. The number of nitrogens with zero attached hydrogens (tertiary/aromatic N) is 2. The van der Waals surface area contributed by atoms with E-state index in [-0.39, 0.29) is 11.7 Å². The van der Waals surface area contributed by atoms with Crippen LogP contribution in [0.1, 0.15) is 28.3 Å². The second-order valence-corrected chi connectivity index (χ2v) is 8.21. The van der Waals surface area contributed by atoms with Gasteiger partial charge in [0.25, 0.3) is 5.91 Å². The van der Waals surface area contributed by atoms with Crippen LogP contribution in [-0.2, 0) is 0 Å². The minimum Gasteiger partial charge on any atom is -0.443 e. The van der Waals surface area contributed by atoms with Crippen LogP contribution in [0.3, 0.4) is 0 Å². The maximum Gasteiger partial charge on any atom is 0.291 e. The zero-order valence-corrected chi connectivity index (χ0v) is 18.3. The number of hydrogen-bond acceptors (Lipinski definition) is 4. The van der Waals surface area contributed by atoms with Gasteiger partial charge >= 0.3 is 0 Å². The highest BCUT2D eigenvalue weighted by Gasteiger charge is 2.24. The number of hydrogen-bond donors (Lipinski definition) is 1. The van der Waals surface area contributed by atoms with Gasteiger partial charge in [0.1, 0.15) is 0 Å². The van der Waals surface area contributed by atoms with E-state index in [4.69, 9.17) is 16.0 Å². The van der Waals surface area contributed by atoms with Crippen molar-refractivity contribution in [2.75, 3.05) is 37.4 Å². The molecule has 1 aliphatic heterocycles. The largest absolute Gasteiger partial charge is 0.443 e. The Bertz CT molecular complexity index is 1110. The van der Waals surface area contributed by atoms with Crippen molar-refractivity contribution in [3.05, 3.63) is 82.8 Å². The number of halogens is 1. The molecule has 1 atom stereocenters. The van der Waals surface area contributed by atoms with Crippen LogP contribution in [0.25, 0.3) is 0 Å². The minimum atomic E-state index is -0.305. The van der Waals surface area contributed by atoms with Crippen LogP contribution in [0.4, 0.5) is 11.4 Å². The smallest absolute Gasteiger partial charge is 0.291 e. The van der Waals surface area contributed by atoms with Gasteiger partial charge in [-0.05, 0) is 87.1 Å². The van der Waals surface area contributed by atoms with Crippen LogP contribution >= 0.6 is 11.6 Å². The van der Waals surface area contributed by atoms with E-state index in [1.807, 2.05) is 36.4 Å². The van der Waals surface area contributed by atoms with E-state index in [0.29, 0.717) is 16.8 Å². The molecule has 0 bridgehead atoms. The summed E-state index contributed by atoms with van der Waals surface area (Å²) in [7, 11) is 4.24. The maximum absolute atomic E-state index is 12.5. The van der Waals surface area contributed by atoms with E-state index < -0.39 is 0 Å². The minimum absolute atomic E-state index is 0.220. The van der Waals surface area contributed by atoms with Crippen LogP contribution in [0.15, 0.2) is 65.1 Å². The molecule has 0 saturated carbocycles. The monoisotopic (exact) mass is 433 g/mol. The van der Waals surface area contributed by atoms with E-state index in [1.165, 1.54) is 5.69 Å². The summed E-state index contributed by atoms with van der Waals surface area (Å²) in [5, 5.41) is 3.53. The molecule has 1 fully saturated rings. The Morgan fingerprint density at radius 3 is 2.48 bits per heavy atom. The summed E-state index contributed by atoms with van der Waals surface area (Å²) < 4.78 is 5.58. The number of nitrogens with one attached hydrogen (secondary N) is 1. The van der Waals surface area contributed by atoms with Gasteiger partial charge in [0.2, 0.25) is 0 Å². The van der Waals surface area contributed by atoms with Gasteiger partial charge in [0.15, 0.2) is 11.5 Å². The molecule has 1 saturated heterocycles. The van der Waals surface area contributed by atoms with E-state index >= 15 is 0 Å². The van der Waals surface area contributed by atoms with Crippen LogP contribution < -0.4 is 10.2 Å². The molecule has 1 unspecified atom stereocenters. The van der Waals surface area contributed by atoms with Crippen LogP contribution in [0, 0.1) is 11.8 Å². The first-order valence-corrected chi connectivity index (χ1v) is 10.6. The molecular weight excluding hydrogens is 410 g/mol. The number of carbonyl (C=O) groups is 1. The lowest BCUT2D eigenvalue weighted by molar-refractivity contribution is 0.0996. The van der Waals surface area contributed by atoms with Crippen molar-refractivity contribution in [2.45, 2.75) is 12.5 Å². The van der Waals surface area contributed by atoms with Crippen molar-refractivity contribution >= 4 is 28.9 Å². The standard InChI is InChI=1S/C25H24ClN3O2/c1-28(2)22-15-16-29(17-22)21-10-8-20(9-11-21)27-25(30)24-14-13-23(31-24)12-5-18-3-6-19(26)7-4-18/h3-4,6-11,13-14,22H,15-17H2,1-2H3,(H,27,30). The quantitative estimate of drug-likeness (QED) is 0.604. The molecule has 0 spiro atoms. The number of amides is 1. The number of rotatable bonds is 4. The average molecular weight is 434 g/mol. The number of likely N-dealkylation sites (N-methyl/N-ethyl adjacent to an activating group) is 1. The van der Waals surface area contributed by atoms with Crippen LogP contribution in [0.5, 0.6) is 0 Å².